The Morgan fingerprint density at radius 3 is 2.41 bits per heavy atom. The fraction of sp³-hybridized carbons (Fsp3) is 0.385. The zero-order valence-corrected chi connectivity index (χ0v) is 20.4. The van der Waals surface area contributed by atoms with E-state index in [1.165, 1.54) is 29.2 Å². The molecule has 37 heavy (non-hydrogen) atoms. The van der Waals surface area contributed by atoms with E-state index in [4.69, 9.17) is 0 Å². The van der Waals surface area contributed by atoms with Crippen LogP contribution in [0.2, 0.25) is 0 Å². The molecule has 0 aromatic heterocycles. The van der Waals surface area contributed by atoms with E-state index >= 15 is 0 Å². The molecule has 2 amide bonds. The lowest BCUT2D eigenvalue weighted by molar-refractivity contribution is -0.137. The van der Waals surface area contributed by atoms with Crippen molar-refractivity contribution in [2.75, 3.05) is 6.54 Å². The van der Waals surface area contributed by atoms with Gasteiger partial charge >= 0.3 is 6.18 Å². The lowest BCUT2D eigenvalue weighted by Crippen LogP contribution is -2.47. The summed E-state index contributed by atoms with van der Waals surface area (Å²) >= 11 is 0. The Balaban J connectivity index is 1.34. The summed E-state index contributed by atoms with van der Waals surface area (Å²) in [5, 5.41) is 2.28. The second-order valence-electron chi connectivity index (χ2n) is 9.59. The second-order valence-corrected chi connectivity index (χ2v) is 11.8. The highest BCUT2D eigenvalue weighted by Gasteiger charge is 2.40. The Kier molecular flexibility index (Phi) is 6.37. The summed E-state index contributed by atoms with van der Waals surface area (Å²) in [5.41, 5.74) is -0.390. The van der Waals surface area contributed by atoms with Crippen LogP contribution in [0.4, 0.5) is 17.6 Å². The average molecular weight is 537 g/mol. The minimum atomic E-state index is -4.70. The maximum atomic E-state index is 14.7. The molecule has 1 heterocycles. The molecule has 2 aromatic rings. The van der Waals surface area contributed by atoms with Crippen LogP contribution >= 0.6 is 0 Å². The zero-order valence-electron chi connectivity index (χ0n) is 19.6. The number of benzene rings is 2. The van der Waals surface area contributed by atoms with Crippen molar-refractivity contribution in [3.63, 3.8) is 0 Å². The van der Waals surface area contributed by atoms with E-state index in [-0.39, 0.29) is 22.6 Å². The molecule has 1 saturated heterocycles. The molecule has 2 aromatic carbocycles. The van der Waals surface area contributed by atoms with E-state index in [2.05, 4.69) is 5.32 Å². The molecule has 1 N–H and O–H groups in total. The van der Waals surface area contributed by atoms with Crippen LogP contribution in [0.15, 0.2) is 59.0 Å². The topological polar surface area (TPSA) is 83.6 Å². The largest absolute Gasteiger partial charge is 0.416 e. The van der Waals surface area contributed by atoms with Crippen molar-refractivity contribution in [1.82, 2.24) is 10.2 Å². The van der Waals surface area contributed by atoms with Crippen molar-refractivity contribution in [2.45, 2.75) is 60.5 Å². The highest BCUT2D eigenvalue weighted by molar-refractivity contribution is 7.92. The molecule has 1 aliphatic heterocycles. The van der Waals surface area contributed by atoms with E-state index in [0.29, 0.717) is 43.7 Å². The molecular weight excluding hydrogens is 512 g/mol. The standard InChI is InChI=1S/C26H24F4N2O4S/c27-21-14-17(26(28,29)30)8-11-20(21)23(15-6-7-15)31-24(33)22-5-2-12-32(22)25(34)16-3-1-4-19(13-16)37(35,36)18-9-10-18/h1,3-4,6,8,11,13-14,18,22-23H,2,5,7,9-10,12H2,(H,31,33)/t22-,23-/m1/s1. The van der Waals surface area contributed by atoms with Crippen molar-refractivity contribution in [2.24, 2.45) is 0 Å². The lowest BCUT2D eigenvalue weighted by atomic mass is 10.0. The number of carbonyl (C=O) groups is 2. The third-order valence-electron chi connectivity index (χ3n) is 6.93. The van der Waals surface area contributed by atoms with Gasteiger partial charge < -0.3 is 10.2 Å². The third-order valence-corrected chi connectivity index (χ3v) is 9.19. The van der Waals surface area contributed by atoms with Crippen molar-refractivity contribution < 1.29 is 35.6 Å². The van der Waals surface area contributed by atoms with Gasteiger partial charge in [0.1, 0.15) is 11.9 Å². The Bertz CT molecular complexity index is 1400. The Labute approximate surface area is 211 Å². The zero-order chi connectivity index (χ0) is 26.5. The highest BCUT2D eigenvalue weighted by atomic mass is 32.2. The van der Waals surface area contributed by atoms with E-state index in [0.717, 1.165) is 12.1 Å². The average Bonchev–Trinajstić information content (AvgIpc) is 3.79. The predicted octanol–water partition coefficient (Wildman–Crippen LogP) is 4.57. The fourth-order valence-electron chi connectivity index (χ4n) is 4.67. The molecule has 2 fully saturated rings. The number of rotatable bonds is 7. The molecule has 2 atom stereocenters. The van der Waals surface area contributed by atoms with Crippen molar-refractivity contribution in [1.29, 1.82) is 0 Å². The van der Waals surface area contributed by atoms with Gasteiger partial charge in [0.15, 0.2) is 9.84 Å². The van der Waals surface area contributed by atoms with Crippen LogP contribution in [0.1, 0.15) is 59.6 Å². The number of hydrogen-bond acceptors (Lipinski definition) is 4. The highest BCUT2D eigenvalue weighted by Crippen LogP contribution is 2.38. The molecule has 5 rings (SSSR count). The first-order valence-corrected chi connectivity index (χ1v) is 13.5. The number of nitrogens with one attached hydrogen (secondary N) is 1. The molecule has 0 unspecified atom stereocenters. The van der Waals surface area contributed by atoms with Crippen LogP contribution in [0.3, 0.4) is 0 Å². The maximum absolute atomic E-state index is 14.7. The monoisotopic (exact) mass is 536 g/mol. The van der Waals surface area contributed by atoms with Crippen LogP contribution in [-0.2, 0) is 20.8 Å². The van der Waals surface area contributed by atoms with Crippen molar-refractivity contribution in [3.05, 3.63) is 76.6 Å². The number of allylic oxidation sites excluding steroid dienone is 1. The molecule has 1 saturated carbocycles. The van der Waals surface area contributed by atoms with Crippen LogP contribution in [0.25, 0.3) is 0 Å². The van der Waals surface area contributed by atoms with E-state index in [9.17, 15) is 35.6 Å². The van der Waals surface area contributed by atoms with E-state index in [1.54, 1.807) is 6.08 Å². The predicted molar refractivity (Wildman–Crippen MR) is 126 cm³/mol. The van der Waals surface area contributed by atoms with Gasteiger partial charge in [-0.2, -0.15) is 13.2 Å². The summed E-state index contributed by atoms with van der Waals surface area (Å²) in [6.45, 7) is 0.276. The van der Waals surface area contributed by atoms with E-state index in [1.807, 2.05) is 0 Å². The summed E-state index contributed by atoms with van der Waals surface area (Å²) in [5.74, 6) is -2.13. The third kappa shape index (κ3) is 5.14. The van der Waals surface area contributed by atoms with Crippen molar-refractivity contribution >= 4 is 21.7 Å². The van der Waals surface area contributed by atoms with Crippen LogP contribution in [-0.4, -0.2) is 43.0 Å². The van der Waals surface area contributed by atoms with Gasteiger partial charge in [-0.25, -0.2) is 12.8 Å². The molecular formula is C26H24F4N2O4S. The Hall–Kier alpha value is -3.21. The van der Waals surface area contributed by atoms with Gasteiger partial charge in [0, 0.05) is 17.7 Å². The fourth-order valence-corrected chi connectivity index (χ4v) is 6.37. The lowest BCUT2D eigenvalue weighted by Gasteiger charge is -2.27. The van der Waals surface area contributed by atoms with E-state index < -0.39 is 56.5 Å². The van der Waals surface area contributed by atoms with Gasteiger partial charge in [-0.15, -0.1) is 0 Å². The number of likely N-dealkylation sites (tertiary alicyclic amines) is 1. The summed E-state index contributed by atoms with van der Waals surface area (Å²) in [6.07, 6.45) is -0.411. The molecule has 11 heteroatoms. The van der Waals surface area contributed by atoms with Gasteiger partial charge in [-0.3, -0.25) is 9.59 Å². The maximum Gasteiger partial charge on any atom is 0.416 e. The SMILES string of the molecule is O=C(N[C@H](C1=CC1)c1ccc(C(F)(F)F)cc1F)[C@H]1CCCN1C(=O)c1cccc(S(=O)(=O)C2CC2)c1. The van der Waals surface area contributed by atoms with Crippen LogP contribution in [0.5, 0.6) is 0 Å². The van der Waals surface area contributed by atoms with Gasteiger partial charge in [0.25, 0.3) is 5.91 Å². The quantitative estimate of drug-likeness (QED) is 0.415. The van der Waals surface area contributed by atoms with Gasteiger partial charge in [-0.05, 0) is 68.0 Å². The first kappa shape index (κ1) is 25.4. The smallest absolute Gasteiger partial charge is 0.344 e. The van der Waals surface area contributed by atoms with Crippen molar-refractivity contribution in [3.8, 4) is 0 Å². The van der Waals surface area contributed by atoms with Crippen LogP contribution in [0, 0.1) is 5.82 Å². The van der Waals surface area contributed by atoms with Gasteiger partial charge in [0.2, 0.25) is 5.91 Å². The van der Waals surface area contributed by atoms with Gasteiger partial charge in [0.05, 0.1) is 21.8 Å². The normalized spacial score (nSPS) is 20.4. The Morgan fingerprint density at radius 2 is 1.78 bits per heavy atom. The summed E-state index contributed by atoms with van der Waals surface area (Å²) in [7, 11) is -3.50. The molecule has 0 spiro atoms. The first-order valence-electron chi connectivity index (χ1n) is 12.0. The number of nitrogens with zero attached hydrogens (tertiary/aromatic N) is 1. The first-order chi connectivity index (χ1) is 17.5. The Morgan fingerprint density at radius 1 is 1.05 bits per heavy atom. The minimum absolute atomic E-state index is 0.0690. The number of sulfone groups is 1. The summed E-state index contributed by atoms with van der Waals surface area (Å²) in [6, 6.07) is 6.15. The minimum Gasteiger partial charge on any atom is -0.344 e. The molecule has 196 valence electrons. The molecule has 0 bridgehead atoms. The summed E-state index contributed by atoms with van der Waals surface area (Å²) < 4.78 is 78.8. The number of halogens is 4. The molecule has 6 nitrogen and oxygen atoms in total. The number of amides is 2. The molecule has 2 aliphatic carbocycles. The second kappa shape index (κ2) is 9.27. The van der Waals surface area contributed by atoms with Crippen LogP contribution < -0.4 is 5.32 Å². The summed E-state index contributed by atoms with van der Waals surface area (Å²) in [4.78, 5) is 28.0. The molecule has 0 radical (unpaired) electrons. The number of alkyl halides is 3. The molecule has 3 aliphatic rings. The number of carbonyl (C=O) groups excluding carboxylic acids is 2. The number of hydrogen-bond donors (Lipinski definition) is 1. The van der Waals surface area contributed by atoms with Gasteiger partial charge in [-0.1, -0.05) is 18.2 Å².